The van der Waals surface area contributed by atoms with Gasteiger partial charge in [0.25, 0.3) is 0 Å². The summed E-state index contributed by atoms with van der Waals surface area (Å²) in [5, 5.41) is 10.2. The number of cyclic esters (lactones) is 2. The van der Waals surface area contributed by atoms with Crippen molar-refractivity contribution < 1.29 is 48.0 Å². The van der Waals surface area contributed by atoms with Crippen LogP contribution in [0, 0.1) is 22.7 Å². The Morgan fingerprint density at radius 1 is 1.21 bits per heavy atom. The largest absolute Gasteiger partial charge is 0.465 e. The Labute approximate surface area is 196 Å². The molecule has 0 radical (unpaired) electrons. The lowest BCUT2D eigenvalue weighted by molar-refractivity contribution is -0.228. The Morgan fingerprint density at radius 2 is 1.94 bits per heavy atom. The first-order chi connectivity index (χ1) is 16.1. The SMILES string of the molecule is CC(=O)OC[C@@]12[C@@H](OC(C)=O)C[C@@H](C)[C@]3(C[C@H](C4=CC(=O)O[C@@H]4O)OC3=O)[C@H]1CCC[C@]21CO1. The summed E-state index contributed by atoms with van der Waals surface area (Å²) in [6.07, 6.45) is 1.03. The van der Waals surface area contributed by atoms with Crippen LogP contribution in [0.25, 0.3) is 0 Å². The molecular weight excluding hydrogens is 448 g/mol. The fraction of sp³-hybridized carbons (Fsp3) is 0.750. The Morgan fingerprint density at radius 3 is 2.53 bits per heavy atom. The minimum atomic E-state index is -1.46. The number of ether oxygens (including phenoxy) is 5. The molecule has 2 saturated heterocycles. The zero-order chi connectivity index (χ0) is 24.5. The Balaban J connectivity index is 1.60. The molecule has 8 atom stereocenters. The topological polar surface area (TPSA) is 138 Å². The van der Waals surface area contributed by atoms with Crippen molar-refractivity contribution in [3.05, 3.63) is 11.6 Å². The van der Waals surface area contributed by atoms with Crippen LogP contribution in [0.3, 0.4) is 0 Å². The van der Waals surface area contributed by atoms with Crippen molar-refractivity contribution in [3.8, 4) is 0 Å². The number of esters is 4. The lowest BCUT2D eigenvalue weighted by atomic mass is 9.42. The van der Waals surface area contributed by atoms with E-state index in [1.165, 1.54) is 19.9 Å². The molecular formula is C24H30O10. The molecule has 0 unspecified atom stereocenters. The monoisotopic (exact) mass is 478 g/mol. The molecule has 0 bridgehead atoms. The standard InChI is InChI=1S/C24H30O10/c1-12-7-18(32-14(3)26)24(11-30-13(2)25)17(5-4-6-22(24)10-31-22)23(12)9-16(33-21(23)29)15-8-19(27)34-20(15)28/h8,12,16-18,20,28H,4-7,9-11H2,1-3H3/t12-,16-,17-,18+,20+,22+,23-,24+/m1/s1. The van der Waals surface area contributed by atoms with E-state index in [1.54, 1.807) is 0 Å². The number of carbonyl (C=O) groups is 4. The van der Waals surface area contributed by atoms with E-state index in [4.69, 9.17) is 23.7 Å². The van der Waals surface area contributed by atoms with Crippen molar-refractivity contribution in [2.24, 2.45) is 22.7 Å². The summed E-state index contributed by atoms with van der Waals surface area (Å²) in [5.41, 5.74) is -2.35. The first-order valence-corrected chi connectivity index (χ1v) is 11.8. The van der Waals surface area contributed by atoms with E-state index in [-0.39, 0.29) is 30.4 Å². The van der Waals surface area contributed by atoms with E-state index in [0.29, 0.717) is 25.9 Å². The maximum absolute atomic E-state index is 13.7. The van der Waals surface area contributed by atoms with Crippen molar-refractivity contribution in [3.63, 3.8) is 0 Å². The highest BCUT2D eigenvalue weighted by Gasteiger charge is 2.78. The summed E-state index contributed by atoms with van der Waals surface area (Å²) in [6, 6.07) is 0. The fourth-order valence-electron chi connectivity index (χ4n) is 7.33. The summed E-state index contributed by atoms with van der Waals surface area (Å²) >= 11 is 0. The first kappa shape index (κ1) is 23.3. The van der Waals surface area contributed by atoms with Gasteiger partial charge < -0.3 is 28.8 Å². The number of fused-ring (bicyclic) bond motifs is 3. The molecule has 5 aliphatic rings. The summed E-state index contributed by atoms with van der Waals surface area (Å²) in [5.74, 6) is -2.62. The van der Waals surface area contributed by atoms with Gasteiger partial charge in [-0.3, -0.25) is 14.4 Å². The van der Waals surface area contributed by atoms with Crippen LogP contribution in [0.2, 0.25) is 0 Å². The van der Waals surface area contributed by atoms with Crippen LogP contribution < -0.4 is 0 Å². The average molecular weight is 478 g/mol. The van der Waals surface area contributed by atoms with Crippen LogP contribution >= 0.6 is 0 Å². The van der Waals surface area contributed by atoms with E-state index in [0.717, 1.165) is 6.42 Å². The number of rotatable bonds is 4. The number of epoxide rings is 1. The molecule has 3 heterocycles. The predicted octanol–water partition coefficient (Wildman–Crippen LogP) is 1.18. The molecule has 2 aliphatic carbocycles. The second-order valence-electron chi connectivity index (χ2n) is 10.4. The van der Waals surface area contributed by atoms with Crippen LogP contribution in [-0.2, 0) is 42.9 Å². The maximum Gasteiger partial charge on any atom is 0.333 e. The van der Waals surface area contributed by atoms with Crippen LogP contribution in [0.5, 0.6) is 0 Å². The number of hydrogen-bond acceptors (Lipinski definition) is 10. The van der Waals surface area contributed by atoms with E-state index in [2.05, 4.69) is 0 Å². The minimum absolute atomic E-state index is 0.0374. The lowest BCUT2D eigenvalue weighted by Crippen LogP contribution is -2.68. The molecule has 0 amide bonds. The molecule has 0 aromatic heterocycles. The third-order valence-electron chi connectivity index (χ3n) is 8.82. The number of aliphatic hydroxyl groups is 1. The van der Waals surface area contributed by atoms with Crippen LogP contribution in [0.15, 0.2) is 11.6 Å². The van der Waals surface area contributed by atoms with E-state index in [9.17, 15) is 24.3 Å². The zero-order valence-electron chi connectivity index (χ0n) is 19.5. The van der Waals surface area contributed by atoms with Crippen molar-refractivity contribution in [1.29, 1.82) is 0 Å². The average Bonchev–Trinajstić information content (AvgIpc) is 3.32. The van der Waals surface area contributed by atoms with Gasteiger partial charge >= 0.3 is 23.9 Å². The van der Waals surface area contributed by atoms with Crippen LogP contribution in [0.4, 0.5) is 0 Å². The molecule has 0 aromatic carbocycles. The summed E-state index contributed by atoms with van der Waals surface area (Å²) in [4.78, 5) is 49.4. The third-order valence-corrected chi connectivity index (χ3v) is 8.82. The smallest absolute Gasteiger partial charge is 0.333 e. The van der Waals surface area contributed by atoms with Gasteiger partial charge in [-0.15, -0.1) is 0 Å². The van der Waals surface area contributed by atoms with Crippen molar-refractivity contribution in [2.75, 3.05) is 13.2 Å². The molecule has 2 saturated carbocycles. The first-order valence-electron chi connectivity index (χ1n) is 11.8. The van der Waals surface area contributed by atoms with E-state index >= 15 is 0 Å². The molecule has 0 aromatic rings. The van der Waals surface area contributed by atoms with Crippen molar-refractivity contribution in [2.45, 2.75) is 77.0 Å². The van der Waals surface area contributed by atoms with Gasteiger partial charge in [0.05, 0.1) is 17.4 Å². The molecule has 10 nitrogen and oxygen atoms in total. The van der Waals surface area contributed by atoms with Crippen LogP contribution in [-0.4, -0.2) is 66.3 Å². The normalized spacial score (nSPS) is 44.8. The second-order valence-corrected chi connectivity index (χ2v) is 10.4. The lowest BCUT2D eigenvalue weighted by Gasteiger charge is -2.61. The number of hydrogen-bond donors (Lipinski definition) is 1. The fourth-order valence-corrected chi connectivity index (χ4v) is 7.33. The van der Waals surface area contributed by atoms with Crippen molar-refractivity contribution in [1.82, 2.24) is 0 Å². The van der Waals surface area contributed by atoms with Gasteiger partial charge in [-0.05, 0) is 31.1 Å². The van der Waals surface area contributed by atoms with E-state index < -0.39 is 58.8 Å². The van der Waals surface area contributed by atoms with Gasteiger partial charge in [0.1, 0.15) is 24.4 Å². The van der Waals surface area contributed by atoms with Crippen LogP contribution in [0.1, 0.15) is 52.9 Å². The predicted molar refractivity (Wildman–Crippen MR) is 112 cm³/mol. The minimum Gasteiger partial charge on any atom is -0.465 e. The van der Waals surface area contributed by atoms with Gasteiger partial charge in [0, 0.05) is 31.9 Å². The summed E-state index contributed by atoms with van der Waals surface area (Å²) in [7, 11) is 0. The zero-order valence-corrected chi connectivity index (χ0v) is 19.5. The van der Waals surface area contributed by atoms with Gasteiger partial charge in [-0.2, -0.15) is 0 Å². The highest BCUT2D eigenvalue weighted by Crippen LogP contribution is 2.70. The summed E-state index contributed by atoms with van der Waals surface area (Å²) in [6.45, 7) is 4.99. The quantitative estimate of drug-likeness (QED) is 0.356. The third kappa shape index (κ3) is 3.14. The molecule has 1 N–H and O–H groups in total. The maximum atomic E-state index is 13.7. The second kappa shape index (κ2) is 7.78. The molecule has 4 fully saturated rings. The van der Waals surface area contributed by atoms with Gasteiger partial charge in [0.15, 0.2) is 0 Å². The molecule has 34 heavy (non-hydrogen) atoms. The van der Waals surface area contributed by atoms with Crippen molar-refractivity contribution >= 4 is 23.9 Å². The Kier molecular flexibility index (Phi) is 5.33. The van der Waals surface area contributed by atoms with Gasteiger partial charge in [0.2, 0.25) is 6.29 Å². The highest BCUT2D eigenvalue weighted by molar-refractivity contribution is 5.87. The Hall–Kier alpha value is -2.46. The molecule has 10 heteroatoms. The number of carbonyl (C=O) groups excluding carboxylic acids is 4. The van der Waals surface area contributed by atoms with Gasteiger partial charge in [-0.1, -0.05) is 13.3 Å². The van der Waals surface area contributed by atoms with E-state index in [1.807, 2.05) is 6.92 Å². The highest BCUT2D eigenvalue weighted by atomic mass is 16.6. The molecule has 2 spiro atoms. The number of aliphatic hydroxyl groups excluding tert-OH is 1. The molecule has 5 rings (SSSR count). The Bertz CT molecular complexity index is 967. The molecule has 186 valence electrons. The van der Waals surface area contributed by atoms with Gasteiger partial charge in [-0.25, -0.2) is 4.79 Å². The molecule has 3 aliphatic heterocycles. The summed E-state index contributed by atoms with van der Waals surface area (Å²) < 4.78 is 28.1.